The van der Waals surface area contributed by atoms with Crippen LogP contribution in [0.3, 0.4) is 0 Å². The van der Waals surface area contributed by atoms with Crippen LogP contribution in [0.4, 0.5) is 20.0 Å². The Labute approximate surface area is 158 Å². The number of nitrogens with zero attached hydrogens (tertiary/aromatic N) is 2. The molecule has 134 valence electrons. The van der Waals surface area contributed by atoms with Gasteiger partial charge in [-0.25, -0.2) is 0 Å². The number of aliphatic imine (C=N–C) groups is 1. The fourth-order valence-corrected chi connectivity index (χ4v) is 2.78. The summed E-state index contributed by atoms with van der Waals surface area (Å²) in [5.74, 6) is 0. The number of benzene rings is 3. The number of anilines is 1. The van der Waals surface area contributed by atoms with Crippen molar-refractivity contribution in [3.63, 3.8) is 0 Å². The first kappa shape index (κ1) is 18.6. The third-order valence-corrected chi connectivity index (χ3v) is 3.97. The summed E-state index contributed by atoms with van der Waals surface area (Å²) < 4.78 is 28.1. The average molecular weight is 360 g/mol. The summed E-state index contributed by atoms with van der Waals surface area (Å²) in [5, 5.41) is 0. The lowest BCUT2D eigenvalue weighted by atomic mass is 10.0. The van der Waals surface area contributed by atoms with Crippen LogP contribution in [0.1, 0.15) is 12.5 Å². The first-order valence-corrected chi connectivity index (χ1v) is 8.65. The van der Waals surface area contributed by atoms with E-state index in [1.807, 2.05) is 67.6 Å². The maximum absolute atomic E-state index is 14.0. The molecule has 5 heteroatoms. The summed E-state index contributed by atoms with van der Waals surface area (Å²) in [7, 11) is -2.69. The molecule has 0 amide bonds. The minimum Gasteiger partial charge on any atom is -0.325 e. The molecule has 0 saturated heterocycles. The van der Waals surface area contributed by atoms with Gasteiger partial charge in [0, 0.05) is 17.1 Å². The summed E-state index contributed by atoms with van der Waals surface area (Å²) >= 11 is 0. The first-order chi connectivity index (χ1) is 13.1. The Morgan fingerprint density at radius 2 is 1.33 bits per heavy atom. The zero-order valence-electron chi connectivity index (χ0n) is 15.0. The van der Waals surface area contributed by atoms with Crippen LogP contribution in [0.15, 0.2) is 102 Å². The van der Waals surface area contributed by atoms with E-state index in [0.29, 0.717) is 22.7 Å². The SMILES string of the molecule is CC(/C=C(/c1ccccc1)N(B(F)F)c1ccccc1)=Nc1ccccc1. The standard InChI is InChI=1S/C22H19BF2N2/c1-18(26-20-13-7-3-8-14-20)17-22(19-11-5-2-6-12-19)27(23(24)25)21-15-9-4-10-16-21/h2-17H,1H3/b22-17-,26-18?. The molecule has 27 heavy (non-hydrogen) atoms. The highest BCUT2D eigenvalue weighted by Gasteiger charge is 2.29. The Morgan fingerprint density at radius 1 is 0.815 bits per heavy atom. The summed E-state index contributed by atoms with van der Waals surface area (Å²) in [5.41, 5.74) is 2.94. The summed E-state index contributed by atoms with van der Waals surface area (Å²) in [6.07, 6.45) is 1.70. The number of para-hydroxylation sites is 2. The molecule has 0 atom stereocenters. The topological polar surface area (TPSA) is 15.6 Å². The van der Waals surface area contributed by atoms with Crippen LogP contribution in [0.5, 0.6) is 0 Å². The maximum Gasteiger partial charge on any atom is 0.678 e. The van der Waals surface area contributed by atoms with Crippen LogP contribution < -0.4 is 4.81 Å². The molecule has 0 fully saturated rings. The van der Waals surface area contributed by atoms with Gasteiger partial charge in [-0.3, -0.25) is 13.6 Å². The van der Waals surface area contributed by atoms with Crippen LogP contribution in [0, 0.1) is 0 Å². The van der Waals surface area contributed by atoms with E-state index in [0.717, 1.165) is 10.5 Å². The second-order valence-electron chi connectivity index (χ2n) is 5.97. The van der Waals surface area contributed by atoms with E-state index in [9.17, 15) is 8.63 Å². The number of hydrogen-bond donors (Lipinski definition) is 0. The zero-order valence-corrected chi connectivity index (χ0v) is 15.0. The fourth-order valence-electron chi connectivity index (χ4n) is 2.78. The molecule has 0 radical (unpaired) electrons. The minimum atomic E-state index is -2.69. The molecule has 0 aliphatic rings. The zero-order chi connectivity index (χ0) is 19.1. The Morgan fingerprint density at radius 3 is 1.89 bits per heavy atom. The van der Waals surface area contributed by atoms with Gasteiger partial charge in [-0.1, -0.05) is 66.7 Å². The molecule has 0 aliphatic carbocycles. The normalized spacial score (nSPS) is 12.0. The first-order valence-electron chi connectivity index (χ1n) is 8.65. The van der Waals surface area contributed by atoms with Crippen LogP contribution in [-0.2, 0) is 0 Å². The monoisotopic (exact) mass is 360 g/mol. The molecule has 3 aromatic carbocycles. The number of halogens is 2. The Hall–Kier alpha value is -3.21. The molecule has 0 saturated carbocycles. The van der Waals surface area contributed by atoms with Crippen molar-refractivity contribution in [3.8, 4) is 0 Å². The molecular formula is C22H19BF2N2. The molecule has 3 aromatic rings. The number of allylic oxidation sites excluding steroid dienone is 1. The quantitative estimate of drug-likeness (QED) is 0.375. The van der Waals surface area contributed by atoms with Crippen molar-refractivity contribution < 1.29 is 8.63 Å². The highest BCUT2D eigenvalue weighted by Crippen LogP contribution is 2.28. The van der Waals surface area contributed by atoms with Gasteiger partial charge in [-0.05, 0) is 42.8 Å². The van der Waals surface area contributed by atoms with Gasteiger partial charge in [0.05, 0.1) is 5.69 Å². The second kappa shape index (κ2) is 8.94. The van der Waals surface area contributed by atoms with Crippen molar-refractivity contribution in [3.05, 3.63) is 103 Å². The van der Waals surface area contributed by atoms with Crippen molar-refractivity contribution in [1.82, 2.24) is 0 Å². The van der Waals surface area contributed by atoms with E-state index in [1.165, 1.54) is 0 Å². The largest absolute Gasteiger partial charge is 0.678 e. The van der Waals surface area contributed by atoms with E-state index in [-0.39, 0.29) is 0 Å². The molecule has 2 nitrogen and oxygen atoms in total. The van der Waals surface area contributed by atoms with E-state index >= 15 is 0 Å². The van der Waals surface area contributed by atoms with Gasteiger partial charge in [0.1, 0.15) is 0 Å². The van der Waals surface area contributed by atoms with Gasteiger partial charge in [-0.2, -0.15) is 0 Å². The highest BCUT2D eigenvalue weighted by molar-refractivity contribution is 6.52. The minimum absolute atomic E-state index is 0.397. The Kier molecular flexibility index (Phi) is 6.16. The van der Waals surface area contributed by atoms with Gasteiger partial charge in [0.2, 0.25) is 0 Å². The molecule has 0 heterocycles. The molecule has 0 spiro atoms. The van der Waals surface area contributed by atoms with Crippen molar-refractivity contribution in [2.24, 2.45) is 4.99 Å². The maximum atomic E-state index is 14.0. The van der Waals surface area contributed by atoms with Crippen LogP contribution in [-0.4, -0.2) is 13.1 Å². The van der Waals surface area contributed by atoms with Crippen molar-refractivity contribution in [1.29, 1.82) is 0 Å². The molecule has 3 rings (SSSR count). The molecular weight excluding hydrogens is 341 g/mol. The van der Waals surface area contributed by atoms with Crippen LogP contribution >= 0.6 is 0 Å². The summed E-state index contributed by atoms with van der Waals surface area (Å²) in [6.45, 7) is 1.81. The summed E-state index contributed by atoms with van der Waals surface area (Å²) in [6, 6.07) is 27.3. The highest BCUT2D eigenvalue weighted by atomic mass is 19.2. The fraction of sp³-hybridized carbons (Fsp3) is 0.0455. The smallest absolute Gasteiger partial charge is 0.325 e. The number of rotatable bonds is 6. The van der Waals surface area contributed by atoms with E-state index in [2.05, 4.69) is 4.99 Å². The van der Waals surface area contributed by atoms with Gasteiger partial charge in [0.15, 0.2) is 0 Å². The lowest BCUT2D eigenvalue weighted by Gasteiger charge is -2.25. The van der Waals surface area contributed by atoms with E-state index < -0.39 is 7.40 Å². The Bertz CT molecular complexity index is 911. The molecule has 0 aliphatic heterocycles. The predicted octanol–water partition coefficient (Wildman–Crippen LogP) is 6.25. The van der Waals surface area contributed by atoms with Crippen molar-refractivity contribution in [2.75, 3.05) is 4.81 Å². The predicted molar refractivity (Wildman–Crippen MR) is 111 cm³/mol. The average Bonchev–Trinajstić information content (AvgIpc) is 2.69. The molecule has 0 bridgehead atoms. The van der Waals surface area contributed by atoms with Crippen molar-refractivity contribution in [2.45, 2.75) is 6.92 Å². The van der Waals surface area contributed by atoms with Crippen molar-refractivity contribution >= 4 is 30.2 Å². The van der Waals surface area contributed by atoms with Gasteiger partial charge in [-0.15, -0.1) is 0 Å². The summed E-state index contributed by atoms with van der Waals surface area (Å²) in [4.78, 5) is 5.56. The second-order valence-corrected chi connectivity index (χ2v) is 5.97. The van der Waals surface area contributed by atoms with Gasteiger partial charge in [0.25, 0.3) is 0 Å². The van der Waals surface area contributed by atoms with Gasteiger partial charge < -0.3 is 4.81 Å². The number of hydrogen-bond acceptors (Lipinski definition) is 2. The van der Waals surface area contributed by atoms with E-state index in [4.69, 9.17) is 0 Å². The molecule has 0 unspecified atom stereocenters. The molecule has 0 N–H and O–H groups in total. The third-order valence-electron chi connectivity index (χ3n) is 3.97. The Balaban J connectivity index is 2.09. The lowest BCUT2D eigenvalue weighted by molar-refractivity contribution is 0.657. The van der Waals surface area contributed by atoms with Crippen LogP contribution in [0.25, 0.3) is 5.70 Å². The van der Waals surface area contributed by atoms with Crippen LogP contribution in [0.2, 0.25) is 0 Å². The molecule has 0 aromatic heterocycles. The third kappa shape index (κ3) is 4.91. The lowest BCUT2D eigenvalue weighted by Crippen LogP contribution is -2.31. The van der Waals surface area contributed by atoms with Gasteiger partial charge >= 0.3 is 7.40 Å². The van der Waals surface area contributed by atoms with E-state index in [1.54, 1.807) is 36.4 Å².